The van der Waals surface area contributed by atoms with Crippen molar-refractivity contribution in [3.05, 3.63) is 41.3 Å². The maximum atomic E-state index is 13.5. The highest BCUT2D eigenvalue weighted by atomic mass is 19.4. The number of rotatable bonds is 6. The SMILES string of the molecule is CCC(NC1=C(c2cccc(C(F)(F)F)c2)C(=O)C([N+]2(C)CCCCC2)O1)C(=O)OC. The Morgan fingerprint density at radius 1 is 1.29 bits per heavy atom. The lowest BCUT2D eigenvalue weighted by atomic mass is 9.98. The molecule has 1 aromatic carbocycles. The first-order chi connectivity index (χ1) is 14.6. The number of halogens is 3. The third-order valence-electron chi connectivity index (χ3n) is 6.01. The highest BCUT2D eigenvalue weighted by molar-refractivity contribution is 6.24. The van der Waals surface area contributed by atoms with Gasteiger partial charge in [0.05, 0.1) is 38.4 Å². The predicted octanol–water partition coefficient (Wildman–Crippen LogP) is 3.47. The Kier molecular flexibility index (Phi) is 6.64. The fourth-order valence-corrected chi connectivity index (χ4v) is 4.20. The lowest BCUT2D eigenvalue weighted by molar-refractivity contribution is -0.946. The quantitative estimate of drug-likeness (QED) is 0.541. The number of nitrogens with zero attached hydrogens (tertiary/aromatic N) is 1. The van der Waals surface area contributed by atoms with Gasteiger partial charge >= 0.3 is 12.1 Å². The number of ether oxygens (including phenoxy) is 2. The molecule has 2 unspecified atom stereocenters. The average molecular weight is 441 g/mol. The number of carbonyl (C=O) groups excluding carboxylic acids is 2. The van der Waals surface area contributed by atoms with Crippen LogP contribution in [0.5, 0.6) is 0 Å². The molecule has 6 nitrogen and oxygen atoms in total. The summed E-state index contributed by atoms with van der Waals surface area (Å²) in [5.74, 6) is -0.904. The number of likely N-dealkylation sites (N-methyl/N-ethyl adjacent to an activating group) is 1. The summed E-state index contributed by atoms with van der Waals surface area (Å²) in [7, 11) is 3.17. The largest absolute Gasteiger partial charge is 0.467 e. The van der Waals surface area contributed by atoms with Gasteiger partial charge in [-0.05, 0) is 43.4 Å². The van der Waals surface area contributed by atoms with Gasteiger partial charge < -0.3 is 14.8 Å². The van der Waals surface area contributed by atoms with Crippen molar-refractivity contribution in [3.8, 4) is 0 Å². The predicted molar refractivity (Wildman–Crippen MR) is 107 cm³/mol. The number of esters is 1. The first-order valence-corrected chi connectivity index (χ1v) is 10.4. The van der Waals surface area contributed by atoms with Crippen LogP contribution in [0.2, 0.25) is 0 Å². The Labute approximate surface area is 179 Å². The highest BCUT2D eigenvalue weighted by Crippen LogP contribution is 2.37. The first-order valence-electron chi connectivity index (χ1n) is 10.4. The van der Waals surface area contributed by atoms with Crippen LogP contribution in [-0.4, -0.2) is 55.8 Å². The highest BCUT2D eigenvalue weighted by Gasteiger charge is 2.49. The summed E-state index contributed by atoms with van der Waals surface area (Å²) < 4.78 is 51.0. The molecular formula is C22H28F3N2O4+. The molecule has 0 spiro atoms. The van der Waals surface area contributed by atoms with E-state index < -0.39 is 30.0 Å². The lowest BCUT2D eigenvalue weighted by Crippen LogP contribution is -2.58. The molecule has 170 valence electrons. The third-order valence-corrected chi connectivity index (χ3v) is 6.01. The van der Waals surface area contributed by atoms with Gasteiger partial charge in [-0.15, -0.1) is 0 Å². The average Bonchev–Trinajstić information content (AvgIpc) is 3.08. The molecule has 0 aliphatic carbocycles. The number of quaternary nitrogens is 1. The van der Waals surface area contributed by atoms with Crippen LogP contribution in [-0.2, 0) is 25.2 Å². The molecule has 9 heteroatoms. The minimum atomic E-state index is -4.55. The Bertz CT molecular complexity index is 876. The number of methoxy groups -OCH3 is 1. The molecule has 1 fully saturated rings. The number of carbonyl (C=O) groups is 2. The smallest absolute Gasteiger partial charge is 0.416 e. The molecule has 1 saturated heterocycles. The van der Waals surface area contributed by atoms with Crippen molar-refractivity contribution in [2.75, 3.05) is 27.2 Å². The van der Waals surface area contributed by atoms with E-state index in [-0.39, 0.29) is 22.8 Å². The fraction of sp³-hybridized carbons (Fsp3) is 0.545. The van der Waals surface area contributed by atoms with Gasteiger partial charge in [0.15, 0.2) is 0 Å². The van der Waals surface area contributed by atoms with Crippen molar-refractivity contribution in [2.24, 2.45) is 0 Å². The Hall–Kier alpha value is -2.55. The standard InChI is InChI=1S/C22H27F3N2O4/c1-4-16(21(29)30-3)26-19-17(14-9-8-10-15(13-14)22(23,24)25)18(28)20(31-19)27(2)11-6-5-7-12-27/h8-10,13,16,20H,4-7,11-12H2,1-3H3/p+1. The Morgan fingerprint density at radius 2 is 1.97 bits per heavy atom. The van der Waals surface area contributed by atoms with E-state index in [1.54, 1.807) is 6.92 Å². The summed E-state index contributed by atoms with van der Waals surface area (Å²) in [6.07, 6.45) is -2.14. The van der Waals surface area contributed by atoms with E-state index in [2.05, 4.69) is 5.32 Å². The van der Waals surface area contributed by atoms with Crippen molar-refractivity contribution < 1.29 is 36.7 Å². The van der Waals surface area contributed by atoms with E-state index in [0.717, 1.165) is 44.5 Å². The summed E-state index contributed by atoms with van der Waals surface area (Å²) in [5, 5.41) is 2.91. The van der Waals surface area contributed by atoms with Gasteiger partial charge in [0, 0.05) is 0 Å². The van der Waals surface area contributed by atoms with E-state index in [1.165, 1.54) is 19.2 Å². The second kappa shape index (κ2) is 8.90. The van der Waals surface area contributed by atoms with Gasteiger partial charge in [-0.1, -0.05) is 19.1 Å². The Morgan fingerprint density at radius 3 is 2.55 bits per heavy atom. The van der Waals surface area contributed by atoms with Gasteiger partial charge in [0.2, 0.25) is 5.88 Å². The number of hydrogen-bond donors (Lipinski definition) is 1. The minimum Gasteiger partial charge on any atom is -0.467 e. The zero-order valence-electron chi connectivity index (χ0n) is 17.9. The fourth-order valence-electron chi connectivity index (χ4n) is 4.20. The summed E-state index contributed by atoms with van der Waals surface area (Å²) in [5.41, 5.74) is -0.719. The molecule has 0 amide bonds. The van der Waals surface area contributed by atoms with Crippen molar-refractivity contribution in [3.63, 3.8) is 0 Å². The number of nitrogens with one attached hydrogen (secondary N) is 1. The molecule has 31 heavy (non-hydrogen) atoms. The lowest BCUT2D eigenvalue weighted by Gasteiger charge is -2.40. The number of piperidine rings is 1. The molecule has 3 rings (SSSR count). The van der Waals surface area contributed by atoms with Gasteiger partial charge in [-0.2, -0.15) is 13.2 Å². The minimum absolute atomic E-state index is 0.0245. The number of alkyl halides is 3. The van der Waals surface area contributed by atoms with E-state index in [9.17, 15) is 22.8 Å². The zero-order chi connectivity index (χ0) is 22.8. The van der Waals surface area contributed by atoms with Crippen LogP contribution in [0, 0.1) is 0 Å². The molecular weight excluding hydrogens is 413 g/mol. The number of likely N-dealkylation sites (tertiary alicyclic amines) is 1. The number of ketones is 1. The Balaban J connectivity index is 2.04. The third kappa shape index (κ3) is 4.71. The second-order valence-electron chi connectivity index (χ2n) is 8.23. The van der Waals surface area contributed by atoms with Gasteiger partial charge in [0.25, 0.3) is 12.0 Å². The van der Waals surface area contributed by atoms with E-state index in [4.69, 9.17) is 9.47 Å². The van der Waals surface area contributed by atoms with Crippen LogP contribution in [0.3, 0.4) is 0 Å². The molecule has 0 aromatic heterocycles. The summed E-state index contributed by atoms with van der Waals surface area (Å²) in [6.45, 7) is 3.22. The van der Waals surface area contributed by atoms with Crippen molar-refractivity contribution in [1.82, 2.24) is 5.32 Å². The van der Waals surface area contributed by atoms with Crippen molar-refractivity contribution in [2.45, 2.75) is 51.1 Å². The van der Waals surface area contributed by atoms with Gasteiger partial charge in [0.1, 0.15) is 6.04 Å². The van der Waals surface area contributed by atoms with Crippen LogP contribution in [0.4, 0.5) is 13.2 Å². The molecule has 0 bridgehead atoms. The topological polar surface area (TPSA) is 64.6 Å². The number of benzene rings is 1. The molecule has 2 atom stereocenters. The van der Waals surface area contributed by atoms with E-state index in [1.807, 2.05) is 7.05 Å². The van der Waals surface area contributed by atoms with Crippen LogP contribution in [0.1, 0.15) is 43.7 Å². The van der Waals surface area contributed by atoms with Crippen LogP contribution in [0.15, 0.2) is 30.1 Å². The monoisotopic (exact) mass is 441 g/mol. The summed E-state index contributed by atoms with van der Waals surface area (Å²) in [6, 6.07) is 3.81. The normalized spacial score (nSPS) is 22.1. The van der Waals surface area contributed by atoms with Gasteiger partial charge in [-0.3, -0.25) is 9.28 Å². The summed E-state index contributed by atoms with van der Waals surface area (Å²) in [4.78, 5) is 25.5. The van der Waals surface area contributed by atoms with E-state index in [0.29, 0.717) is 10.9 Å². The molecule has 2 heterocycles. The molecule has 0 saturated carbocycles. The van der Waals surface area contributed by atoms with Crippen LogP contribution >= 0.6 is 0 Å². The maximum Gasteiger partial charge on any atom is 0.416 e. The van der Waals surface area contributed by atoms with Crippen molar-refractivity contribution in [1.29, 1.82) is 0 Å². The second-order valence-corrected chi connectivity index (χ2v) is 8.23. The molecule has 0 radical (unpaired) electrons. The molecule has 2 aliphatic rings. The molecule has 1 aromatic rings. The van der Waals surface area contributed by atoms with Crippen LogP contribution < -0.4 is 5.32 Å². The van der Waals surface area contributed by atoms with Crippen molar-refractivity contribution >= 4 is 17.3 Å². The van der Waals surface area contributed by atoms with E-state index >= 15 is 0 Å². The number of Topliss-reactive ketones (excluding diaryl/α,β-unsaturated/α-hetero) is 1. The van der Waals surface area contributed by atoms with Gasteiger partial charge in [-0.25, -0.2) is 4.79 Å². The first kappa shape index (κ1) is 23.1. The maximum absolute atomic E-state index is 13.5. The van der Waals surface area contributed by atoms with Crippen LogP contribution in [0.25, 0.3) is 5.57 Å². The number of hydrogen-bond acceptors (Lipinski definition) is 5. The zero-order valence-corrected chi connectivity index (χ0v) is 17.9. The summed E-state index contributed by atoms with van der Waals surface area (Å²) >= 11 is 0. The molecule has 2 aliphatic heterocycles. The molecule has 1 N–H and O–H groups in total.